The van der Waals surface area contributed by atoms with Gasteiger partial charge in [-0.1, -0.05) is 31.7 Å². The van der Waals surface area contributed by atoms with Crippen LogP contribution in [0.3, 0.4) is 0 Å². The monoisotopic (exact) mass is 390 g/mol. The van der Waals surface area contributed by atoms with Gasteiger partial charge in [0.1, 0.15) is 0 Å². The van der Waals surface area contributed by atoms with Crippen molar-refractivity contribution in [3.05, 3.63) is 43.0 Å². The second kappa shape index (κ2) is 6.45. The molecule has 0 spiro atoms. The van der Waals surface area contributed by atoms with E-state index < -0.39 is 27.8 Å². The maximum atomic E-state index is 12.8. The van der Waals surface area contributed by atoms with Crippen molar-refractivity contribution in [3.8, 4) is 0 Å². The van der Waals surface area contributed by atoms with E-state index in [1.165, 1.54) is 31.4 Å². The molecule has 3 unspecified atom stereocenters. The molecule has 1 aromatic carbocycles. The highest BCUT2D eigenvalue weighted by atomic mass is 32.2. The number of hydrogen-bond donors (Lipinski definition) is 0. The van der Waals surface area contributed by atoms with Gasteiger partial charge in [-0.2, -0.15) is 8.42 Å². The third-order valence-corrected chi connectivity index (χ3v) is 7.81. The predicted octanol–water partition coefficient (Wildman–Crippen LogP) is 4.05. The molecule has 27 heavy (non-hydrogen) atoms. The first-order valence-corrected chi connectivity index (χ1v) is 11.0. The molecular weight excluding hydrogens is 364 g/mol. The Kier molecular flexibility index (Phi) is 4.47. The highest BCUT2D eigenvalue weighted by Gasteiger charge is 2.60. The standard InChI is InChI=1S/C21H26O5S/c1-3-18(22)25-19(26-27(23,24)17-7-5-4-6-8-17)21-12-15-9-16(13-21)11-20(2,10-15)14-21/h3-8,15-16,19H,1,9-14H2,2H3. The molecule has 0 radical (unpaired) electrons. The Morgan fingerprint density at radius 1 is 1.19 bits per heavy atom. The first-order chi connectivity index (χ1) is 12.7. The van der Waals surface area contributed by atoms with Crippen molar-refractivity contribution in [3.63, 3.8) is 0 Å². The fraction of sp³-hybridized carbons (Fsp3) is 0.571. The van der Waals surface area contributed by atoms with Crippen molar-refractivity contribution in [1.29, 1.82) is 0 Å². The quantitative estimate of drug-likeness (QED) is 0.317. The fourth-order valence-electron chi connectivity index (χ4n) is 6.23. The van der Waals surface area contributed by atoms with Gasteiger partial charge in [-0.15, -0.1) is 0 Å². The summed E-state index contributed by atoms with van der Waals surface area (Å²) in [7, 11) is -4.04. The first-order valence-electron chi connectivity index (χ1n) is 9.55. The van der Waals surface area contributed by atoms with E-state index in [0.717, 1.165) is 25.3 Å². The normalized spacial score (nSPS) is 35.6. The van der Waals surface area contributed by atoms with E-state index in [0.29, 0.717) is 11.8 Å². The van der Waals surface area contributed by atoms with Crippen LogP contribution in [0.25, 0.3) is 0 Å². The van der Waals surface area contributed by atoms with Crippen LogP contribution in [0.1, 0.15) is 45.4 Å². The minimum atomic E-state index is -4.04. The second-order valence-electron chi connectivity index (χ2n) is 8.97. The number of carbonyl (C=O) groups is 1. The molecule has 1 aromatic rings. The van der Waals surface area contributed by atoms with Gasteiger partial charge in [0.05, 0.1) is 4.90 Å². The summed E-state index contributed by atoms with van der Waals surface area (Å²) >= 11 is 0. The van der Waals surface area contributed by atoms with E-state index in [2.05, 4.69) is 13.5 Å². The molecule has 0 heterocycles. The zero-order valence-corrected chi connectivity index (χ0v) is 16.4. The number of hydrogen-bond acceptors (Lipinski definition) is 5. The lowest BCUT2D eigenvalue weighted by atomic mass is 9.44. The summed E-state index contributed by atoms with van der Waals surface area (Å²) in [5.74, 6) is 0.442. The van der Waals surface area contributed by atoms with E-state index in [4.69, 9.17) is 8.92 Å². The zero-order valence-electron chi connectivity index (χ0n) is 15.6. The summed E-state index contributed by atoms with van der Waals surface area (Å²) < 4.78 is 36.8. The lowest BCUT2D eigenvalue weighted by Gasteiger charge is -2.62. The third-order valence-electron chi connectivity index (χ3n) is 6.53. The summed E-state index contributed by atoms with van der Waals surface area (Å²) in [5, 5.41) is 0. The molecule has 0 aliphatic heterocycles. The van der Waals surface area contributed by atoms with Crippen molar-refractivity contribution in [1.82, 2.24) is 0 Å². The van der Waals surface area contributed by atoms with Gasteiger partial charge in [-0.25, -0.2) is 8.98 Å². The van der Waals surface area contributed by atoms with Crippen LogP contribution in [0.2, 0.25) is 0 Å². The van der Waals surface area contributed by atoms with Gasteiger partial charge in [0.2, 0.25) is 6.29 Å². The fourth-order valence-corrected chi connectivity index (χ4v) is 7.31. The number of ether oxygens (including phenoxy) is 1. The Bertz CT molecular complexity index is 831. The van der Waals surface area contributed by atoms with Crippen molar-refractivity contribution in [2.75, 3.05) is 0 Å². The Labute approximate surface area is 160 Å². The summed E-state index contributed by atoms with van der Waals surface area (Å²) in [6, 6.07) is 8.01. The molecule has 4 bridgehead atoms. The number of esters is 1. The molecule has 4 aliphatic carbocycles. The summed E-state index contributed by atoms with van der Waals surface area (Å²) in [6.07, 6.45) is 5.98. The van der Waals surface area contributed by atoms with Crippen LogP contribution in [-0.4, -0.2) is 20.7 Å². The highest BCUT2D eigenvalue weighted by Crippen LogP contribution is 2.66. The van der Waals surface area contributed by atoms with E-state index in [1.54, 1.807) is 18.2 Å². The third kappa shape index (κ3) is 3.45. The van der Waals surface area contributed by atoms with Crippen molar-refractivity contribution < 1.29 is 22.1 Å². The van der Waals surface area contributed by atoms with Crippen LogP contribution in [0, 0.1) is 22.7 Å². The maximum Gasteiger partial charge on any atom is 0.332 e. The molecule has 4 fully saturated rings. The lowest BCUT2D eigenvalue weighted by molar-refractivity contribution is -0.224. The second-order valence-corrected chi connectivity index (χ2v) is 10.5. The van der Waals surface area contributed by atoms with Gasteiger partial charge in [0, 0.05) is 11.5 Å². The molecular formula is C21H26O5S. The zero-order chi connectivity index (χ0) is 19.3. The van der Waals surface area contributed by atoms with Crippen LogP contribution in [-0.2, 0) is 23.8 Å². The maximum absolute atomic E-state index is 12.8. The molecule has 3 atom stereocenters. The van der Waals surface area contributed by atoms with E-state index in [9.17, 15) is 13.2 Å². The van der Waals surface area contributed by atoms with E-state index in [1.807, 2.05) is 0 Å². The SMILES string of the molecule is C=CC(=O)OC(OS(=O)(=O)c1ccccc1)C12CC3CC(CC(C)(C3)C1)C2. The number of benzene rings is 1. The van der Waals surface area contributed by atoms with Crippen molar-refractivity contribution >= 4 is 16.1 Å². The first kappa shape index (κ1) is 18.7. The average Bonchev–Trinajstić information content (AvgIpc) is 2.59. The summed E-state index contributed by atoms with van der Waals surface area (Å²) in [4.78, 5) is 12.1. The highest BCUT2D eigenvalue weighted by molar-refractivity contribution is 7.86. The van der Waals surface area contributed by atoms with Gasteiger partial charge in [0.25, 0.3) is 10.1 Å². The molecule has 6 heteroatoms. The lowest BCUT2D eigenvalue weighted by Crippen LogP contribution is -2.57. The molecule has 5 nitrogen and oxygen atoms in total. The molecule has 4 saturated carbocycles. The Balaban J connectivity index is 1.68. The van der Waals surface area contributed by atoms with E-state index >= 15 is 0 Å². The average molecular weight is 391 g/mol. The van der Waals surface area contributed by atoms with Crippen LogP contribution in [0.5, 0.6) is 0 Å². The Hall–Kier alpha value is -1.66. The molecule has 0 saturated heterocycles. The number of rotatable bonds is 6. The van der Waals surface area contributed by atoms with Crippen LogP contribution in [0.4, 0.5) is 0 Å². The summed E-state index contributed by atoms with van der Waals surface area (Å²) in [6.45, 7) is 5.72. The van der Waals surface area contributed by atoms with Gasteiger partial charge >= 0.3 is 5.97 Å². The minimum absolute atomic E-state index is 0.0700. The largest absolute Gasteiger partial charge is 0.431 e. The van der Waals surface area contributed by atoms with Gasteiger partial charge in [-0.05, 0) is 67.9 Å². The molecule has 4 aliphatic rings. The molecule has 5 rings (SSSR count). The van der Waals surface area contributed by atoms with Gasteiger partial charge < -0.3 is 4.74 Å². The smallest absolute Gasteiger partial charge is 0.332 e. The molecule has 146 valence electrons. The van der Waals surface area contributed by atoms with Crippen LogP contribution >= 0.6 is 0 Å². The molecule has 0 aromatic heterocycles. The topological polar surface area (TPSA) is 69.7 Å². The molecule has 0 amide bonds. The van der Waals surface area contributed by atoms with Gasteiger partial charge in [-0.3, -0.25) is 0 Å². The van der Waals surface area contributed by atoms with Crippen LogP contribution < -0.4 is 0 Å². The number of carbonyl (C=O) groups excluding carboxylic acids is 1. The van der Waals surface area contributed by atoms with Crippen molar-refractivity contribution in [2.24, 2.45) is 22.7 Å². The Morgan fingerprint density at radius 2 is 1.81 bits per heavy atom. The van der Waals surface area contributed by atoms with Crippen molar-refractivity contribution in [2.45, 2.75) is 56.6 Å². The summed E-state index contributed by atoms with van der Waals surface area (Å²) in [5.41, 5.74) is -0.276. The molecule has 0 N–H and O–H groups in total. The Morgan fingerprint density at radius 3 is 2.37 bits per heavy atom. The predicted molar refractivity (Wildman–Crippen MR) is 100 cm³/mol. The van der Waals surface area contributed by atoms with E-state index in [-0.39, 0.29) is 10.3 Å². The van der Waals surface area contributed by atoms with Crippen LogP contribution in [0.15, 0.2) is 47.9 Å². The minimum Gasteiger partial charge on any atom is -0.431 e. The van der Waals surface area contributed by atoms with Gasteiger partial charge in [0.15, 0.2) is 0 Å².